The summed E-state index contributed by atoms with van der Waals surface area (Å²) in [4.78, 5) is 0. The van der Waals surface area contributed by atoms with E-state index in [0.717, 1.165) is 45.0 Å². The van der Waals surface area contributed by atoms with E-state index in [1.165, 1.54) is 12.0 Å². The van der Waals surface area contributed by atoms with E-state index in [4.69, 9.17) is 4.74 Å². The van der Waals surface area contributed by atoms with Crippen LogP contribution in [0.25, 0.3) is 0 Å². The Balaban J connectivity index is 2.18. The summed E-state index contributed by atoms with van der Waals surface area (Å²) >= 11 is 0. The molecule has 0 amide bonds. The molecule has 1 aromatic carbocycles. The van der Waals surface area contributed by atoms with Crippen molar-refractivity contribution in [3.8, 4) is 5.75 Å². The van der Waals surface area contributed by atoms with Gasteiger partial charge in [-0.05, 0) is 45.5 Å². The number of rotatable bonds is 10. The first-order valence-electron chi connectivity index (χ1n) is 7.00. The Morgan fingerprint density at radius 1 is 1.00 bits per heavy atom. The minimum Gasteiger partial charge on any atom is -0.494 e. The van der Waals surface area contributed by atoms with Crippen molar-refractivity contribution in [3.05, 3.63) is 29.8 Å². The van der Waals surface area contributed by atoms with Gasteiger partial charge in [0.2, 0.25) is 0 Å². The lowest BCUT2D eigenvalue weighted by molar-refractivity contribution is 0.335. The topological polar surface area (TPSA) is 33.3 Å². The molecule has 0 saturated carbocycles. The quantitative estimate of drug-likeness (QED) is 0.626. The first-order valence-corrected chi connectivity index (χ1v) is 7.00. The van der Waals surface area contributed by atoms with Crippen LogP contribution in [0.15, 0.2) is 24.3 Å². The third-order valence-corrected chi connectivity index (χ3v) is 2.72. The molecule has 0 atom stereocenters. The zero-order valence-electron chi connectivity index (χ0n) is 11.7. The minimum absolute atomic E-state index is 0.720. The maximum absolute atomic E-state index is 5.59. The smallest absolute Gasteiger partial charge is 0.123 e. The van der Waals surface area contributed by atoms with Crippen molar-refractivity contribution in [3.63, 3.8) is 0 Å². The highest BCUT2D eigenvalue weighted by molar-refractivity contribution is 5.33. The van der Waals surface area contributed by atoms with E-state index in [0.29, 0.717) is 0 Å². The van der Waals surface area contributed by atoms with E-state index >= 15 is 0 Å². The van der Waals surface area contributed by atoms with E-state index in [2.05, 4.69) is 29.7 Å². The zero-order chi connectivity index (χ0) is 13.1. The summed E-state index contributed by atoms with van der Waals surface area (Å²) in [6.07, 6.45) is 2.37. The van der Waals surface area contributed by atoms with Gasteiger partial charge < -0.3 is 15.4 Å². The lowest BCUT2D eigenvalue weighted by Crippen LogP contribution is -2.22. The first kappa shape index (κ1) is 15.0. The molecular formula is C15H26N2O. The van der Waals surface area contributed by atoms with E-state index in [-0.39, 0.29) is 0 Å². The summed E-state index contributed by atoms with van der Waals surface area (Å²) in [7, 11) is 0. The molecule has 3 nitrogen and oxygen atoms in total. The highest BCUT2D eigenvalue weighted by atomic mass is 16.5. The van der Waals surface area contributed by atoms with Crippen LogP contribution in [0.2, 0.25) is 0 Å². The molecule has 0 aromatic heterocycles. The monoisotopic (exact) mass is 250 g/mol. The van der Waals surface area contributed by atoms with Crippen molar-refractivity contribution in [1.82, 2.24) is 10.6 Å². The van der Waals surface area contributed by atoms with Crippen molar-refractivity contribution in [2.45, 2.75) is 33.2 Å². The summed E-state index contributed by atoms with van der Waals surface area (Å²) in [5.74, 6) is 0.997. The molecule has 0 saturated heterocycles. The fourth-order valence-electron chi connectivity index (χ4n) is 1.81. The van der Waals surface area contributed by atoms with Crippen LogP contribution in [0.3, 0.4) is 0 Å². The molecule has 0 aliphatic rings. The molecule has 0 radical (unpaired) electrons. The number of benzene rings is 1. The van der Waals surface area contributed by atoms with Crippen molar-refractivity contribution >= 4 is 0 Å². The second-order valence-corrected chi connectivity index (χ2v) is 4.32. The maximum Gasteiger partial charge on any atom is 0.123 e. The van der Waals surface area contributed by atoms with Gasteiger partial charge >= 0.3 is 0 Å². The van der Waals surface area contributed by atoms with Gasteiger partial charge in [-0.25, -0.2) is 0 Å². The van der Waals surface area contributed by atoms with Gasteiger partial charge in [-0.2, -0.15) is 0 Å². The molecule has 0 aliphatic carbocycles. The van der Waals surface area contributed by atoms with E-state index in [9.17, 15) is 0 Å². The summed E-state index contributed by atoms with van der Waals surface area (Å²) in [6.45, 7) is 9.06. The van der Waals surface area contributed by atoms with Gasteiger partial charge in [-0.15, -0.1) is 0 Å². The van der Waals surface area contributed by atoms with Gasteiger partial charge in [0.05, 0.1) is 6.61 Å². The fraction of sp³-hybridized carbons (Fsp3) is 0.600. The zero-order valence-corrected chi connectivity index (χ0v) is 11.7. The molecule has 2 N–H and O–H groups in total. The van der Waals surface area contributed by atoms with Crippen LogP contribution in [0, 0.1) is 0 Å². The number of nitrogens with one attached hydrogen (secondary N) is 2. The molecule has 18 heavy (non-hydrogen) atoms. The minimum atomic E-state index is 0.720. The lowest BCUT2D eigenvalue weighted by atomic mass is 10.2. The molecule has 0 aliphatic heterocycles. The van der Waals surface area contributed by atoms with Crippen LogP contribution in [0.5, 0.6) is 5.75 Å². The van der Waals surface area contributed by atoms with Crippen molar-refractivity contribution in [1.29, 1.82) is 0 Å². The molecule has 1 aromatic rings. The molecular weight excluding hydrogens is 224 g/mol. The Kier molecular flexibility index (Phi) is 8.26. The second-order valence-electron chi connectivity index (χ2n) is 4.32. The van der Waals surface area contributed by atoms with Crippen LogP contribution in [-0.4, -0.2) is 26.2 Å². The molecule has 0 unspecified atom stereocenters. The largest absolute Gasteiger partial charge is 0.494 e. The SMILES string of the molecule is CCCNCCCNCc1ccccc1OCC. The van der Waals surface area contributed by atoms with Gasteiger partial charge in [-0.3, -0.25) is 0 Å². The van der Waals surface area contributed by atoms with Crippen LogP contribution in [0.1, 0.15) is 32.3 Å². The van der Waals surface area contributed by atoms with Crippen LogP contribution < -0.4 is 15.4 Å². The molecule has 1 rings (SSSR count). The summed E-state index contributed by atoms with van der Waals surface area (Å²) in [5.41, 5.74) is 1.24. The molecule has 102 valence electrons. The van der Waals surface area contributed by atoms with Crippen molar-refractivity contribution < 1.29 is 4.74 Å². The predicted octanol–water partition coefficient (Wildman–Crippen LogP) is 2.56. The summed E-state index contributed by atoms with van der Waals surface area (Å²) in [6, 6.07) is 8.22. The van der Waals surface area contributed by atoms with Gasteiger partial charge in [0, 0.05) is 12.1 Å². The highest BCUT2D eigenvalue weighted by Crippen LogP contribution is 2.17. The van der Waals surface area contributed by atoms with E-state index in [1.54, 1.807) is 0 Å². The number of hydrogen-bond donors (Lipinski definition) is 2. The van der Waals surface area contributed by atoms with Gasteiger partial charge in [0.15, 0.2) is 0 Å². The van der Waals surface area contributed by atoms with Crippen molar-refractivity contribution in [2.75, 3.05) is 26.2 Å². The molecule has 0 fully saturated rings. The highest BCUT2D eigenvalue weighted by Gasteiger charge is 2.00. The Morgan fingerprint density at radius 3 is 2.56 bits per heavy atom. The first-order chi connectivity index (χ1) is 8.88. The van der Waals surface area contributed by atoms with Gasteiger partial charge in [0.25, 0.3) is 0 Å². The average Bonchev–Trinajstić information content (AvgIpc) is 2.40. The molecule has 0 spiro atoms. The van der Waals surface area contributed by atoms with Gasteiger partial charge in [0.1, 0.15) is 5.75 Å². The Morgan fingerprint density at radius 2 is 1.78 bits per heavy atom. The third-order valence-electron chi connectivity index (χ3n) is 2.72. The molecule has 3 heteroatoms. The normalized spacial score (nSPS) is 10.6. The van der Waals surface area contributed by atoms with Crippen molar-refractivity contribution in [2.24, 2.45) is 0 Å². The summed E-state index contributed by atoms with van der Waals surface area (Å²) < 4.78 is 5.59. The summed E-state index contributed by atoms with van der Waals surface area (Å²) in [5, 5.41) is 6.86. The molecule has 0 bridgehead atoms. The standard InChI is InChI=1S/C15H26N2O/c1-3-10-16-11-7-12-17-13-14-8-5-6-9-15(14)18-4-2/h5-6,8-9,16-17H,3-4,7,10-13H2,1-2H3. The predicted molar refractivity (Wildman–Crippen MR) is 77.1 cm³/mol. The average molecular weight is 250 g/mol. The Hall–Kier alpha value is -1.06. The van der Waals surface area contributed by atoms with Gasteiger partial charge in [-0.1, -0.05) is 25.1 Å². The maximum atomic E-state index is 5.59. The Bertz CT molecular complexity index is 315. The lowest BCUT2D eigenvalue weighted by Gasteiger charge is -2.11. The molecule has 0 heterocycles. The third kappa shape index (κ3) is 6.03. The number of hydrogen-bond acceptors (Lipinski definition) is 3. The number of ether oxygens (including phenoxy) is 1. The van der Waals surface area contributed by atoms with Crippen LogP contribution in [-0.2, 0) is 6.54 Å². The van der Waals surface area contributed by atoms with E-state index in [1.807, 2.05) is 19.1 Å². The Labute approximate surface area is 111 Å². The van der Waals surface area contributed by atoms with Crippen LogP contribution in [0.4, 0.5) is 0 Å². The van der Waals surface area contributed by atoms with E-state index < -0.39 is 0 Å². The second kappa shape index (κ2) is 9.92. The van der Waals surface area contributed by atoms with Crippen LogP contribution >= 0.6 is 0 Å². The fourth-order valence-corrected chi connectivity index (χ4v) is 1.81. The number of para-hydroxylation sites is 1.